The van der Waals surface area contributed by atoms with E-state index in [0.29, 0.717) is 47.3 Å². The maximum absolute atomic E-state index is 13.1. The number of carbonyl (C=O) groups excluding carboxylic acids is 2. The first kappa shape index (κ1) is 31.7. The van der Waals surface area contributed by atoms with E-state index in [9.17, 15) is 9.59 Å². The Morgan fingerprint density at radius 3 is 2.21 bits per heavy atom. The molecule has 0 N–H and O–H groups in total. The summed E-state index contributed by atoms with van der Waals surface area (Å²) in [6.45, 7) is 22.7. The molecule has 5 rings (SSSR count). The van der Waals surface area contributed by atoms with Gasteiger partial charge in [-0.25, -0.2) is 0 Å². The third kappa shape index (κ3) is 4.61. The van der Waals surface area contributed by atoms with Crippen LogP contribution in [0.5, 0.6) is 0 Å². The molecule has 5 fully saturated rings. The molecule has 12 atom stereocenters. The number of terminal acetylenes is 1. The van der Waals surface area contributed by atoms with Gasteiger partial charge in [0.25, 0.3) is 0 Å². The molecule has 5 aliphatic carbocycles. The van der Waals surface area contributed by atoms with Crippen molar-refractivity contribution in [3.8, 4) is 12.3 Å². The first-order chi connectivity index (χ1) is 19.5. The zero-order valence-electron chi connectivity index (χ0n) is 28.1. The van der Waals surface area contributed by atoms with Crippen molar-refractivity contribution in [2.45, 2.75) is 119 Å². The lowest BCUT2D eigenvalue weighted by Crippen LogP contribution is -2.64. The number of methoxy groups -OCH3 is 1. The monoisotopic (exact) mass is 578 g/mol. The number of esters is 2. The smallest absolute Gasteiger partial charge is 0.311 e. The molecular formula is C38H58O4. The molecule has 4 heteroatoms. The number of hydrogen-bond donors (Lipinski definition) is 0. The van der Waals surface area contributed by atoms with E-state index in [4.69, 9.17) is 15.9 Å². The summed E-state index contributed by atoms with van der Waals surface area (Å²) >= 11 is 0. The minimum absolute atomic E-state index is 0.0412. The van der Waals surface area contributed by atoms with Crippen LogP contribution in [0.1, 0.15) is 113 Å². The van der Waals surface area contributed by atoms with Crippen molar-refractivity contribution in [3.05, 3.63) is 12.2 Å². The summed E-state index contributed by atoms with van der Waals surface area (Å²) in [5, 5.41) is 0. The van der Waals surface area contributed by atoms with E-state index >= 15 is 0 Å². The third-order valence-electron chi connectivity index (χ3n) is 14.3. The molecule has 0 saturated heterocycles. The Bertz CT molecular complexity index is 1140. The van der Waals surface area contributed by atoms with E-state index in [1.807, 2.05) is 0 Å². The molecule has 5 saturated carbocycles. The van der Waals surface area contributed by atoms with E-state index in [1.54, 1.807) is 13.8 Å². The fourth-order valence-corrected chi connectivity index (χ4v) is 12.7. The molecule has 234 valence electrons. The van der Waals surface area contributed by atoms with Crippen molar-refractivity contribution >= 4 is 11.9 Å². The largest absolute Gasteiger partial charge is 0.469 e. The van der Waals surface area contributed by atoms with Crippen LogP contribution in [-0.4, -0.2) is 25.2 Å². The van der Waals surface area contributed by atoms with Gasteiger partial charge < -0.3 is 9.47 Å². The lowest BCUT2D eigenvalue weighted by molar-refractivity contribution is -0.228. The number of carbonyl (C=O) groups is 2. The standard InChI is InChI=1S/C38H58O4/c1-12-24-23(4)33-27(32-25(22(2)3)13-14-26(24)32)15-16-29-37(9)20-18-30(36(7,8)28(37)17-19-38(29,33)10)42-31(39)21-35(5,6)34(40)41-11/h1,23-30,32-33H,2,13-21H2,3-11H3/t23?,24-,25?,26?,27?,28?,29?,30-,32?,33?,37-,38+/m0/s1. The van der Waals surface area contributed by atoms with Gasteiger partial charge in [-0.05, 0) is 130 Å². The quantitative estimate of drug-likeness (QED) is 0.186. The first-order valence-electron chi connectivity index (χ1n) is 16.9. The summed E-state index contributed by atoms with van der Waals surface area (Å²) in [5.41, 5.74) is 0.844. The van der Waals surface area contributed by atoms with Crippen LogP contribution in [0.4, 0.5) is 0 Å². The van der Waals surface area contributed by atoms with Gasteiger partial charge in [-0.15, -0.1) is 12.3 Å². The number of rotatable bonds is 5. The SMILES string of the molecule is C#C[C@H]1C(C)C2C(CCC3[C@@]2(C)CCC2C(C)(C)[C@@H](OC(=O)CC(C)(C)C(=O)OC)CC[C@@]23C)C2C(C(=C)C)CCC21. The van der Waals surface area contributed by atoms with E-state index in [1.165, 1.54) is 51.2 Å². The van der Waals surface area contributed by atoms with Gasteiger partial charge in [0, 0.05) is 11.3 Å². The molecule has 0 aromatic rings. The highest BCUT2D eigenvalue weighted by Gasteiger charge is 2.67. The van der Waals surface area contributed by atoms with E-state index in [-0.39, 0.29) is 40.7 Å². The van der Waals surface area contributed by atoms with Crippen molar-refractivity contribution in [2.24, 2.45) is 74.9 Å². The highest BCUT2D eigenvalue weighted by atomic mass is 16.5. The summed E-state index contributed by atoms with van der Waals surface area (Å²) in [6.07, 6.45) is 15.8. The van der Waals surface area contributed by atoms with Gasteiger partial charge in [0.15, 0.2) is 0 Å². The molecule has 0 aromatic carbocycles. The van der Waals surface area contributed by atoms with Crippen molar-refractivity contribution in [1.29, 1.82) is 0 Å². The molecular weight excluding hydrogens is 520 g/mol. The summed E-state index contributed by atoms with van der Waals surface area (Å²) in [5.74, 6) is 8.18. The van der Waals surface area contributed by atoms with Gasteiger partial charge >= 0.3 is 11.9 Å². The Kier molecular flexibility index (Phi) is 8.06. The van der Waals surface area contributed by atoms with Gasteiger partial charge in [0.1, 0.15) is 6.10 Å². The molecule has 42 heavy (non-hydrogen) atoms. The summed E-state index contributed by atoms with van der Waals surface area (Å²) < 4.78 is 11.2. The van der Waals surface area contributed by atoms with Crippen molar-refractivity contribution in [3.63, 3.8) is 0 Å². The van der Waals surface area contributed by atoms with E-state index < -0.39 is 5.41 Å². The maximum atomic E-state index is 13.1. The predicted octanol–water partition coefficient (Wildman–Crippen LogP) is 8.49. The summed E-state index contributed by atoms with van der Waals surface area (Å²) in [6, 6.07) is 0. The maximum Gasteiger partial charge on any atom is 0.311 e. The average molecular weight is 579 g/mol. The Balaban J connectivity index is 1.40. The Morgan fingerprint density at radius 2 is 1.60 bits per heavy atom. The minimum atomic E-state index is -0.890. The Morgan fingerprint density at radius 1 is 0.952 bits per heavy atom. The highest BCUT2D eigenvalue weighted by molar-refractivity contribution is 5.82. The van der Waals surface area contributed by atoms with Crippen LogP contribution in [0.2, 0.25) is 0 Å². The van der Waals surface area contributed by atoms with E-state index in [0.717, 1.165) is 18.8 Å². The van der Waals surface area contributed by atoms with Crippen molar-refractivity contribution in [2.75, 3.05) is 7.11 Å². The highest BCUT2D eigenvalue weighted by Crippen LogP contribution is 2.73. The second kappa shape index (κ2) is 10.7. The molecule has 0 spiro atoms. The molecule has 0 aromatic heterocycles. The molecule has 0 amide bonds. The van der Waals surface area contributed by atoms with Gasteiger partial charge in [-0.3, -0.25) is 9.59 Å². The summed E-state index contributed by atoms with van der Waals surface area (Å²) in [4.78, 5) is 25.3. The van der Waals surface area contributed by atoms with E-state index in [2.05, 4.69) is 54.0 Å². The van der Waals surface area contributed by atoms with Crippen LogP contribution in [0.3, 0.4) is 0 Å². The van der Waals surface area contributed by atoms with Gasteiger partial charge in [0.2, 0.25) is 0 Å². The van der Waals surface area contributed by atoms with Crippen LogP contribution in [-0.2, 0) is 19.1 Å². The molecule has 0 heterocycles. The van der Waals surface area contributed by atoms with Crippen molar-refractivity contribution in [1.82, 2.24) is 0 Å². The third-order valence-corrected chi connectivity index (χ3v) is 14.3. The van der Waals surface area contributed by atoms with Crippen molar-refractivity contribution < 1.29 is 19.1 Å². The molecule has 0 radical (unpaired) electrons. The summed E-state index contributed by atoms with van der Waals surface area (Å²) in [7, 11) is 1.37. The lowest BCUT2D eigenvalue weighted by atomic mass is 9.35. The number of fused-ring (bicyclic) bond motifs is 7. The molecule has 8 unspecified atom stereocenters. The average Bonchev–Trinajstić information content (AvgIpc) is 3.34. The predicted molar refractivity (Wildman–Crippen MR) is 168 cm³/mol. The number of allylic oxidation sites excluding steroid dienone is 1. The molecule has 5 aliphatic rings. The van der Waals surface area contributed by atoms with Crippen LogP contribution < -0.4 is 0 Å². The molecule has 4 nitrogen and oxygen atoms in total. The zero-order valence-corrected chi connectivity index (χ0v) is 28.1. The van der Waals surface area contributed by atoms with Crippen LogP contribution in [0.25, 0.3) is 0 Å². The molecule has 0 aliphatic heterocycles. The topological polar surface area (TPSA) is 52.6 Å². The first-order valence-corrected chi connectivity index (χ1v) is 16.9. The molecule has 0 bridgehead atoms. The number of hydrogen-bond acceptors (Lipinski definition) is 4. The zero-order chi connectivity index (χ0) is 31.0. The Hall–Kier alpha value is -1.76. The van der Waals surface area contributed by atoms with Crippen LogP contribution >= 0.6 is 0 Å². The lowest BCUT2D eigenvalue weighted by Gasteiger charge is -2.70. The second-order valence-corrected chi connectivity index (χ2v) is 17.1. The van der Waals surface area contributed by atoms with Gasteiger partial charge in [-0.2, -0.15) is 0 Å². The Labute approximate surface area is 256 Å². The second-order valence-electron chi connectivity index (χ2n) is 17.1. The number of ether oxygens (including phenoxy) is 2. The fourth-order valence-electron chi connectivity index (χ4n) is 12.7. The van der Waals surface area contributed by atoms with Crippen LogP contribution in [0, 0.1) is 87.3 Å². The fraction of sp³-hybridized carbons (Fsp3) is 0.842. The van der Waals surface area contributed by atoms with Crippen LogP contribution in [0.15, 0.2) is 12.2 Å². The van der Waals surface area contributed by atoms with Gasteiger partial charge in [0.05, 0.1) is 18.9 Å². The van der Waals surface area contributed by atoms with Gasteiger partial charge in [-0.1, -0.05) is 46.8 Å². The normalized spacial score (nSPS) is 45.7. The minimum Gasteiger partial charge on any atom is -0.469 e.